The van der Waals surface area contributed by atoms with E-state index in [2.05, 4.69) is 5.32 Å². The Morgan fingerprint density at radius 1 is 1.33 bits per heavy atom. The van der Waals surface area contributed by atoms with E-state index < -0.39 is 0 Å². The zero-order chi connectivity index (χ0) is 13.5. The Labute approximate surface area is 109 Å². The fourth-order valence-corrected chi connectivity index (χ4v) is 1.85. The first-order chi connectivity index (χ1) is 8.58. The molecule has 0 aliphatic carbocycles. The Morgan fingerprint density at radius 3 is 2.61 bits per heavy atom. The molecule has 0 atom stereocenters. The molecular weight excluding hydrogens is 228 g/mol. The number of hydrogen-bond acceptors (Lipinski definition) is 3. The summed E-state index contributed by atoms with van der Waals surface area (Å²) in [5.41, 5.74) is 1.92. The van der Waals surface area contributed by atoms with E-state index in [1.165, 1.54) is 0 Å². The van der Waals surface area contributed by atoms with Gasteiger partial charge in [0.25, 0.3) is 0 Å². The smallest absolute Gasteiger partial charge is 0.236 e. The number of phenolic OH excluding ortho intramolecular Hbond substituents is 1. The number of hydrogen-bond donors (Lipinski definition) is 2. The van der Waals surface area contributed by atoms with Gasteiger partial charge >= 0.3 is 0 Å². The third-order valence-electron chi connectivity index (χ3n) is 2.94. The minimum absolute atomic E-state index is 0.0899. The van der Waals surface area contributed by atoms with Crippen molar-refractivity contribution in [3.8, 4) is 5.75 Å². The lowest BCUT2D eigenvalue weighted by Crippen LogP contribution is -2.37. The van der Waals surface area contributed by atoms with Crippen molar-refractivity contribution in [2.75, 3.05) is 19.6 Å². The number of aryl methyl sites for hydroxylation is 1. The van der Waals surface area contributed by atoms with E-state index >= 15 is 0 Å². The van der Waals surface area contributed by atoms with E-state index in [0.717, 1.165) is 24.2 Å². The largest absolute Gasteiger partial charge is 0.508 e. The number of nitrogens with one attached hydrogen (secondary N) is 1. The molecule has 1 aromatic carbocycles. The molecule has 1 rings (SSSR count). The number of phenols is 1. The van der Waals surface area contributed by atoms with E-state index in [4.69, 9.17) is 0 Å². The van der Waals surface area contributed by atoms with Gasteiger partial charge in [-0.15, -0.1) is 0 Å². The lowest BCUT2D eigenvalue weighted by atomic mass is 10.1. The second kappa shape index (κ2) is 7.01. The number of rotatable bonds is 6. The highest BCUT2D eigenvalue weighted by molar-refractivity contribution is 5.78. The minimum atomic E-state index is 0.0899. The fourth-order valence-electron chi connectivity index (χ4n) is 1.85. The molecular formula is C14H22N2O2. The van der Waals surface area contributed by atoms with Crippen LogP contribution in [-0.2, 0) is 11.3 Å². The van der Waals surface area contributed by atoms with Gasteiger partial charge in [-0.2, -0.15) is 0 Å². The van der Waals surface area contributed by atoms with Crippen LogP contribution < -0.4 is 5.32 Å². The Bertz CT molecular complexity index is 401. The molecule has 1 amide bonds. The van der Waals surface area contributed by atoms with Crippen molar-refractivity contribution in [3.63, 3.8) is 0 Å². The van der Waals surface area contributed by atoms with Crippen molar-refractivity contribution in [1.29, 1.82) is 0 Å². The van der Waals surface area contributed by atoms with Crippen LogP contribution in [0.3, 0.4) is 0 Å². The van der Waals surface area contributed by atoms with Gasteiger partial charge in [0.05, 0.1) is 6.54 Å². The van der Waals surface area contributed by atoms with Gasteiger partial charge in [-0.05, 0) is 26.8 Å². The Balaban J connectivity index is 2.46. The lowest BCUT2D eigenvalue weighted by molar-refractivity contribution is -0.129. The van der Waals surface area contributed by atoms with E-state index in [0.29, 0.717) is 13.1 Å². The Hall–Kier alpha value is -1.55. The molecule has 0 aliphatic heterocycles. The molecule has 1 aromatic rings. The molecule has 100 valence electrons. The minimum Gasteiger partial charge on any atom is -0.508 e. The molecule has 2 N–H and O–H groups in total. The number of likely N-dealkylation sites (N-methyl/N-ethyl adjacent to an activating group) is 1. The number of carbonyl (C=O) groups excluding carboxylic acids is 1. The van der Waals surface area contributed by atoms with Crippen molar-refractivity contribution < 1.29 is 9.90 Å². The first-order valence-corrected chi connectivity index (χ1v) is 6.35. The molecule has 0 saturated heterocycles. The molecule has 0 fully saturated rings. The van der Waals surface area contributed by atoms with Crippen LogP contribution >= 0.6 is 0 Å². The normalized spacial score (nSPS) is 10.4. The summed E-state index contributed by atoms with van der Waals surface area (Å²) in [6.45, 7) is 8.17. The van der Waals surface area contributed by atoms with Gasteiger partial charge in [0.1, 0.15) is 5.75 Å². The molecule has 0 spiro atoms. The lowest BCUT2D eigenvalue weighted by Gasteiger charge is -2.18. The molecule has 18 heavy (non-hydrogen) atoms. The van der Waals surface area contributed by atoms with Crippen LogP contribution in [0.15, 0.2) is 18.2 Å². The predicted molar refractivity (Wildman–Crippen MR) is 72.5 cm³/mol. The molecule has 0 saturated carbocycles. The molecule has 0 unspecified atom stereocenters. The van der Waals surface area contributed by atoms with Crippen LogP contribution in [-0.4, -0.2) is 35.5 Å². The first kappa shape index (κ1) is 14.5. The molecule has 0 radical (unpaired) electrons. The van der Waals surface area contributed by atoms with Crippen LogP contribution in [0.2, 0.25) is 0 Å². The zero-order valence-corrected chi connectivity index (χ0v) is 11.4. The highest BCUT2D eigenvalue weighted by Crippen LogP contribution is 2.17. The average Bonchev–Trinajstić information content (AvgIpc) is 2.35. The van der Waals surface area contributed by atoms with Gasteiger partial charge in [-0.3, -0.25) is 4.79 Å². The van der Waals surface area contributed by atoms with E-state index in [-0.39, 0.29) is 11.7 Å². The summed E-state index contributed by atoms with van der Waals surface area (Å²) in [6.07, 6.45) is 0. The summed E-state index contributed by atoms with van der Waals surface area (Å²) >= 11 is 0. The zero-order valence-electron chi connectivity index (χ0n) is 11.4. The van der Waals surface area contributed by atoms with Gasteiger partial charge < -0.3 is 15.3 Å². The maximum absolute atomic E-state index is 11.7. The highest BCUT2D eigenvalue weighted by atomic mass is 16.3. The molecule has 0 heterocycles. The number of carbonyl (C=O) groups is 1. The van der Waals surface area contributed by atoms with Gasteiger partial charge in [0.2, 0.25) is 5.91 Å². The van der Waals surface area contributed by atoms with Crippen LogP contribution in [0.4, 0.5) is 0 Å². The standard InChI is InChI=1S/C14H22N2O2/c1-4-16(5-2)14(18)10-15-9-12-8-11(3)6-7-13(12)17/h6-8,15,17H,4-5,9-10H2,1-3H3. The third-order valence-corrected chi connectivity index (χ3v) is 2.94. The van der Waals surface area contributed by atoms with Crippen molar-refractivity contribution in [3.05, 3.63) is 29.3 Å². The molecule has 0 aromatic heterocycles. The van der Waals surface area contributed by atoms with Gasteiger partial charge in [-0.25, -0.2) is 0 Å². The van der Waals surface area contributed by atoms with Gasteiger partial charge in [0, 0.05) is 25.2 Å². The van der Waals surface area contributed by atoms with Crippen LogP contribution in [0.25, 0.3) is 0 Å². The second-order valence-electron chi connectivity index (χ2n) is 4.30. The van der Waals surface area contributed by atoms with Crippen molar-refractivity contribution in [1.82, 2.24) is 10.2 Å². The monoisotopic (exact) mass is 250 g/mol. The molecule has 0 bridgehead atoms. The second-order valence-corrected chi connectivity index (χ2v) is 4.30. The Kier molecular flexibility index (Phi) is 5.65. The number of benzene rings is 1. The summed E-state index contributed by atoms with van der Waals surface area (Å²) in [5, 5.41) is 12.7. The maximum atomic E-state index is 11.7. The van der Waals surface area contributed by atoms with Gasteiger partial charge in [0.15, 0.2) is 0 Å². The first-order valence-electron chi connectivity index (χ1n) is 6.35. The number of aromatic hydroxyl groups is 1. The predicted octanol–water partition coefficient (Wildman–Crippen LogP) is 1.66. The summed E-state index contributed by atoms with van der Waals surface area (Å²) in [6, 6.07) is 5.46. The van der Waals surface area contributed by atoms with E-state index in [9.17, 15) is 9.90 Å². The van der Waals surface area contributed by atoms with E-state index in [1.807, 2.05) is 32.9 Å². The molecule has 4 heteroatoms. The van der Waals surface area contributed by atoms with Crippen LogP contribution in [0.5, 0.6) is 5.75 Å². The van der Waals surface area contributed by atoms with E-state index in [1.54, 1.807) is 11.0 Å². The van der Waals surface area contributed by atoms with Gasteiger partial charge in [-0.1, -0.05) is 17.7 Å². The summed E-state index contributed by atoms with van der Waals surface area (Å²) in [5.74, 6) is 0.357. The van der Waals surface area contributed by atoms with Crippen molar-refractivity contribution in [2.45, 2.75) is 27.3 Å². The quantitative estimate of drug-likeness (QED) is 0.807. The average molecular weight is 250 g/mol. The summed E-state index contributed by atoms with van der Waals surface area (Å²) < 4.78 is 0. The Morgan fingerprint density at radius 2 is 2.00 bits per heavy atom. The number of nitrogens with zero attached hydrogens (tertiary/aromatic N) is 1. The maximum Gasteiger partial charge on any atom is 0.236 e. The van der Waals surface area contributed by atoms with Crippen LogP contribution in [0, 0.1) is 6.92 Å². The summed E-state index contributed by atoms with van der Waals surface area (Å²) in [4.78, 5) is 13.5. The number of amides is 1. The third kappa shape index (κ3) is 4.04. The summed E-state index contributed by atoms with van der Waals surface area (Å²) in [7, 11) is 0. The fraction of sp³-hybridized carbons (Fsp3) is 0.500. The van der Waals surface area contributed by atoms with Crippen molar-refractivity contribution >= 4 is 5.91 Å². The topological polar surface area (TPSA) is 52.6 Å². The van der Waals surface area contributed by atoms with Crippen molar-refractivity contribution in [2.24, 2.45) is 0 Å². The SMILES string of the molecule is CCN(CC)C(=O)CNCc1cc(C)ccc1O. The van der Waals surface area contributed by atoms with Crippen LogP contribution in [0.1, 0.15) is 25.0 Å². The molecule has 0 aliphatic rings. The molecule has 4 nitrogen and oxygen atoms in total. The highest BCUT2D eigenvalue weighted by Gasteiger charge is 2.09.